The molecule has 0 radical (unpaired) electrons. The summed E-state index contributed by atoms with van der Waals surface area (Å²) in [7, 11) is 0. The van der Waals surface area contributed by atoms with E-state index >= 15 is 0 Å². The van der Waals surface area contributed by atoms with Crippen molar-refractivity contribution in [3.63, 3.8) is 0 Å². The highest BCUT2D eigenvalue weighted by molar-refractivity contribution is 5.71. The fourth-order valence-electron chi connectivity index (χ4n) is 1.31. The molecule has 1 aromatic rings. The fraction of sp³-hybridized carbons (Fsp3) is 0.500. The molecule has 0 bridgehead atoms. The molecule has 16 heavy (non-hydrogen) atoms. The van der Waals surface area contributed by atoms with E-state index < -0.39 is 5.97 Å². The van der Waals surface area contributed by atoms with Crippen molar-refractivity contribution in [2.24, 2.45) is 0 Å². The lowest BCUT2D eigenvalue weighted by molar-refractivity contribution is -0.144. The van der Waals surface area contributed by atoms with Crippen molar-refractivity contribution in [1.82, 2.24) is 9.78 Å². The summed E-state index contributed by atoms with van der Waals surface area (Å²) >= 11 is 0. The Hall–Kier alpha value is -1.85. The molecule has 0 aliphatic carbocycles. The largest absolute Gasteiger partial charge is 0.481 e. The van der Waals surface area contributed by atoms with Crippen molar-refractivity contribution in [2.75, 3.05) is 6.61 Å². The number of carboxylic acid groups (broad SMARTS) is 1. The maximum absolute atomic E-state index is 11.2. The Kier molecular flexibility index (Phi) is 4.04. The van der Waals surface area contributed by atoms with Crippen LogP contribution in [0.25, 0.3) is 0 Å². The first kappa shape index (κ1) is 12.2. The fourth-order valence-corrected chi connectivity index (χ4v) is 1.31. The van der Waals surface area contributed by atoms with Gasteiger partial charge in [0.2, 0.25) is 0 Å². The third kappa shape index (κ3) is 3.08. The van der Waals surface area contributed by atoms with Gasteiger partial charge in [0.05, 0.1) is 19.2 Å². The molecule has 0 unspecified atom stereocenters. The molecular weight excluding hydrogens is 212 g/mol. The number of hydrogen-bond acceptors (Lipinski definition) is 4. The molecule has 0 amide bonds. The zero-order chi connectivity index (χ0) is 12.1. The molecule has 0 spiro atoms. The minimum absolute atomic E-state index is 0.0132. The van der Waals surface area contributed by atoms with Crippen LogP contribution in [0.1, 0.15) is 18.2 Å². The third-order valence-electron chi connectivity index (χ3n) is 2.13. The number of hydrogen-bond donors (Lipinski definition) is 1. The van der Waals surface area contributed by atoms with Crippen LogP contribution >= 0.6 is 0 Å². The van der Waals surface area contributed by atoms with Crippen LogP contribution < -0.4 is 0 Å². The van der Waals surface area contributed by atoms with E-state index in [0.717, 1.165) is 0 Å². The Balaban J connectivity index is 2.72. The van der Waals surface area contributed by atoms with Crippen molar-refractivity contribution < 1.29 is 19.4 Å². The Morgan fingerprint density at radius 1 is 1.56 bits per heavy atom. The van der Waals surface area contributed by atoms with Gasteiger partial charge in [-0.1, -0.05) is 0 Å². The number of carbonyl (C=O) groups is 2. The maximum atomic E-state index is 11.2. The highest BCUT2D eigenvalue weighted by Crippen LogP contribution is 2.08. The first-order chi connectivity index (χ1) is 7.54. The normalized spacial score (nSPS) is 10.1. The van der Waals surface area contributed by atoms with Crippen LogP contribution in [0.15, 0.2) is 6.20 Å². The average molecular weight is 226 g/mol. The summed E-state index contributed by atoms with van der Waals surface area (Å²) in [4.78, 5) is 21.7. The molecule has 0 aliphatic rings. The van der Waals surface area contributed by atoms with Crippen LogP contribution in [-0.4, -0.2) is 33.4 Å². The second kappa shape index (κ2) is 5.29. The zero-order valence-electron chi connectivity index (χ0n) is 9.27. The molecule has 1 rings (SSSR count). The highest BCUT2D eigenvalue weighted by atomic mass is 16.5. The second-order valence-corrected chi connectivity index (χ2v) is 3.29. The second-order valence-electron chi connectivity index (χ2n) is 3.29. The molecular formula is C10H14N2O4. The summed E-state index contributed by atoms with van der Waals surface area (Å²) in [5.74, 6) is -1.30. The topological polar surface area (TPSA) is 81.4 Å². The number of esters is 1. The van der Waals surface area contributed by atoms with Crippen molar-refractivity contribution in [3.8, 4) is 0 Å². The summed E-state index contributed by atoms with van der Waals surface area (Å²) in [6.07, 6.45) is 1.37. The van der Waals surface area contributed by atoms with Gasteiger partial charge in [0, 0.05) is 11.3 Å². The van der Waals surface area contributed by atoms with Crippen LogP contribution in [0.5, 0.6) is 0 Å². The van der Waals surface area contributed by atoms with Crippen molar-refractivity contribution in [2.45, 2.75) is 26.8 Å². The molecule has 0 atom stereocenters. The molecule has 0 saturated carbocycles. The molecule has 6 heteroatoms. The van der Waals surface area contributed by atoms with Gasteiger partial charge in [-0.05, 0) is 13.8 Å². The van der Waals surface area contributed by atoms with Gasteiger partial charge in [0.25, 0.3) is 0 Å². The van der Waals surface area contributed by atoms with Crippen LogP contribution in [0.4, 0.5) is 0 Å². The number of carbonyl (C=O) groups excluding carboxylic acids is 1. The van der Waals surface area contributed by atoms with Gasteiger partial charge in [-0.15, -0.1) is 0 Å². The van der Waals surface area contributed by atoms with E-state index in [2.05, 4.69) is 5.10 Å². The Bertz CT molecular complexity index is 398. The third-order valence-corrected chi connectivity index (χ3v) is 2.13. The van der Waals surface area contributed by atoms with Gasteiger partial charge in [0.1, 0.15) is 6.54 Å². The van der Waals surface area contributed by atoms with Crippen LogP contribution in [0.2, 0.25) is 0 Å². The van der Waals surface area contributed by atoms with Gasteiger partial charge in [-0.25, -0.2) is 0 Å². The summed E-state index contributed by atoms with van der Waals surface area (Å²) in [6, 6.07) is 0. The quantitative estimate of drug-likeness (QED) is 0.734. The molecule has 0 aromatic carbocycles. The molecule has 0 fully saturated rings. The lowest BCUT2D eigenvalue weighted by atomic mass is 10.2. The number of rotatable bonds is 5. The summed E-state index contributed by atoms with van der Waals surface area (Å²) < 4.78 is 6.22. The first-order valence-corrected chi connectivity index (χ1v) is 4.93. The highest BCUT2D eigenvalue weighted by Gasteiger charge is 2.12. The van der Waals surface area contributed by atoms with Gasteiger partial charge in [0.15, 0.2) is 0 Å². The van der Waals surface area contributed by atoms with E-state index in [9.17, 15) is 9.59 Å². The molecule has 0 saturated heterocycles. The van der Waals surface area contributed by atoms with E-state index in [1.54, 1.807) is 13.8 Å². The van der Waals surface area contributed by atoms with Crippen LogP contribution in [0.3, 0.4) is 0 Å². The minimum Gasteiger partial charge on any atom is -0.481 e. The van der Waals surface area contributed by atoms with E-state index in [0.29, 0.717) is 17.9 Å². The number of aliphatic carboxylic acids is 1. The molecule has 1 heterocycles. The van der Waals surface area contributed by atoms with E-state index in [4.69, 9.17) is 9.84 Å². The van der Waals surface area contributed by atoms with Crippen molar-refractivity contribution in [3.05, 3.63) is 17.5 Å². The van der Waals surface area contributed by atoms with Crippen LogP contribution in [0, 0.1) is 6.92 Å². The SMILES string of the molecule is CCOC(=O)Cn1ncc(CC(=O)O)c1C. The number of carboxylic acids is 1. The van der Waals surface area contributed by atoms with Crippen LogP contribution in [-0.2, 0) is 27.3 Å². The molecule has 88 valence electrons. The Labute approximate surface area is 92.8 Å². The number of nitrogens with zero attached hydrogens (tertiary/aromatic N) is 2. The smallest absolute Gasteiger partial charge is 0.327 e. The predicted octanol–water partition coefficient (Wildman–Crippen LogP) is 0.382. The molecule has 6 nitrogen and oxygen atoms in total. The van der Waals surface area contributed by atoms with E-state index in [1.807, 2.05) is 0 Å². The predicted molar refractivity (Wildman–Crippen MR) is 54.9 cm³/mol. The number of aromatic nitrogens is 2. The minimum atomic E-state index is -0.918. The lowest BCUT2D eigenvalue weighted by Gasteiger charge is -2.04. The summed E-state index contributed by atoms with van der Waals surface area (Å²) in [5.41, 5.74) is 1.28. The van der Waals surface area contributed by atoms with E-state index in [1.165, 1.54) is 10.9 Å². The zero-order valence-corrected chi connectivity index (χ0v) is 9.27. The van der Waals surface area contributed by atoms with Gasteiger partial charge < -0.3 is 9.84 Å². The first-order valence-electron chi connectivity index (χ1n) is 4.93. The summed E-state index contributed by atoms with van der Waals surface area (Å²) in [6.45, 7) is 3.79. The van der Waals surface area contributed by atoms with Gasteiger partial charge >= 0.3 is 11.9 Å². The molecule has 0 aliphatic heterocycles. The average Bonchev–Trinajstić information content (AvgIpc) is 2.50. The standard InChI is InChI=1S/C10H14N2O4/c1-3-16-10(15)6-12-7(2)8(5-11-12)4-9(13)14/h5H,3-4,6H2,1-2H3,(H,13,14). The lowest BCUT2D eigenvalue weighted by Crippen LogP contribution is -2.15. The van der Waals surface area contributed by atoms with Crippen molar-refractivity contribution in [1.29, 1.82) is 0 Å². The Morgan fingerprint density at radius 2 is 2.25 bits per heavy atom. The number of ether oxygens (including phenoxy) is 1. The van der Waals surface area contributed by atoms with Gasteiger partial charge in [-0.2, -0.15) is 5.10 Å². The Morgan fingerprint density at radius 3 is 2.81 bits per heavy atom. The maximum Gasteiger partial charge on any atom is 0.327 e. The molecule has 1 N–H and O–H groups in total. The molecule has 1 aromatic heterocycles. The monoisotopic (exact) mass is 226 g/mol. The van der Waals surface area contributed by atoms with Gasteiger partial charge in [-0.3, -0.25) is 14.3 Å². The van der Waals surface area contributed by atoms with E-state index in [-0.39, 0.29) is 18.9 Å². The summed E-state index contributed by atoms with van der Waals surface area (Å²) in [5, 5.41) is 12.6. The van der Waals surface area contributed by atoms with Crippen molar-refractivity contribution >= 4 is 11.9 Å².